The van der Waals surface area contributed by atoms with Crippen LogP contribution in [0.25, 0.3) is 22.4 Å². The minimum absolute atomic E-state index is 0.802. The SMILES string of the molecule is CCNCc1cnc(-c2cc(C)c3ccccc3n2)[nH]1. The van der Waals surface area contributed by atoms with Crippen molar-refractivity contribution in [2.75, 3.05) is 6.54 Å². The standard InChI is InChI=1S/C16H18N4/c1-3-17-9-12-10-18-16(19-12)15-8-11(2)13-6-4-5-7-14(13)20-15/h4-8,10,17H,3,9H2,1-2H3,(H,18,19). The van der Waals surface area contributed by atoms with E-state index >= 15 is 0 Å². The molecule has 0 radical (unpaired) electrons. The smallest absolute Gasteiger partial charge is 0.156 e. The van der Waals surface area contributed by atoms with Crippen molar-refractivity contribution in [3.63, 3.8) is 0 Å². The number of para-hydroxylation sites is 1. The molecule has 0 spiro atoms. The Labute approximate surface area is 118 Å². The van der Waals surface area contributed by atoms with Crippen LogP contribution in [0, 0.1) is 6.92 Å². The van der Waals surface area contributed by atoms with E-state index in [2.05, 4.69) is 46.2 Å². The van der Waals surface area contributed by atoms with Crippen LogP contribution in [0.5, 0.6) is 0 Å². The Kier molecular flexibility index (Phi) is 3.48. The van der Waals surface area contributed by atoms with E-state index in [1.165, 1.54) is 10.9 Å². The van der Waals surface area contributed by atoms with Gasteiger partial charge in [-0.2, -0.15) is 0 Å². The van der Waals surface area contributed by atoms with E-state index in [0.717, 1.165) is 35.8 Å². The molecule has 0 unspecified atom stereocenters. The maximum Gasteiger partial charge on any atom is 0.156 e. The summed E-state index contributed by atoms with van der Waals surface area (Å²) in [5.41, 5.74) is 4.20. The fourth-order valence-corrected chi connectivity index (χ4v) is 2.31. The van der Waals surface area contributed by atoms with Gasteiger partial charge in [-0.3, -0.25) is 0 Å². The number of fused-ring (bicyclic) bond motifs is 1. The minimum atomic E-state index is 0.802. The monoisotopic (exact) mass is 266 g/mol. The van der Waals surface area contributed by atoms with Crippen LogP contribution in [0.3, 0.4) is 0 Å². The van der Waals surface area contributed by atoms with Crippen LogP contribution in [0.1, 0.15) is 18.2 Å². The molecule has 0 aliphatic rings. The van der Waals surface area contributed by atoms with E-state index in [9.17, 15) is 0 Å². The topological polar surface area (TPSA) is 53.6 Å². The summed E-state index contributed by atoms with van der Waals surface area (Å²) in [4.78, 5) is 12.4. The lowest BCUT2D eigenvalue weighted by Gasteiger charge is -2.04. The first kappa shape index (κ1) is 12.8. The number of imidazole rings is 1. The summed E-state index contributed by atoms with van der Waals surface area (Å²) in [7, 11) is 0. The Morgan fingerprint density at radius 2 is 2.10 bits per heavy atom. The number of nitrogens with one attached hydrogen (secondary N) is 2. The van der Waals surface area contributed by atoms with Crippen molar-refractivity contribution in [1.29, 1.82) is 0 Å². The van der Waals surface area contributed by atoms with E-state index in [-0.39, 0.29) is 0 Å². The van der Waals surface area contributed by atoms with Crippen molar-refractivity contribution >= 4 is 10.9 Å². The van der Waals surface area contributed by atoms with Crippen molar-refractivity contribution in [3.05, 3.63) is 47.8 Å². The number of hydrogen-bond donors (Lipinski definition) is 2. The van der Waals surface area contributed by atoms with Crippen molar-refractivity contribution in [1.82, 2.24) is 20.3 Å². The molecule has 2 N–H and O–H groups in total. The van der Waals surface area contributed by atoms with Gasteiger partial charge in [0.15, 0.2) is 5.82 Å². The lowest BCUT2D eigenvalue weighted by molar-refractivity contribution is 0.714. The maximum atomic E-state index is 4.69. The Morgan fingerprint density at radius 1 is 1.25 bits per heavy atom. The second-order valence-electron chi connectivity index (χ2n) is 4.88. The van der Waals surface area contributed by atoms with Crippen LogP contribution in [0.15, 0.2) is 36.5 Å². The highest BCUT2D eigenvalue weighted by Gasteiger charge is 2.08. The number of aryl methyl sites for hydroxylation is 1. The first-order valence-electron chi connectivity index (χ1n) is 6.89. The number of aromatic amines is 1. The van der Waals surface area contributed by atoms with Gasteiger partial charge in [0, 0.05) is 17.6 Å². The molecule has 1 aromatic carbocycles. The molecule has 0 aliphatic heterocycles. The highest BCUT2D eigenvalue weighted by molar-refractivity contribution is 5.84. The molecule has 102 valence electrons. The quantitative estimate of drug-likeness (QED) is 0.763. The maximum absolute atomic E-state index is 4.69. The molecule has 0 saturated heterocycles. The number of H-pyrrole nitrogens is 1. The van der Waals surface area contributed by atoms with Gasteiger partial charge in [0.25, 0.3) is 0 Å². The van der Waals surface area contributed by atoms with Gasteiger partial charge in [-0.1, -0.05) is 25.1 Å². The van der Waals surface area contributed by atoms with Crippen molar-refractivity contribution in [3.8, 4) is 11.5 Å². The van der Waals surface area contributed by atoms with Gasteiger partial charge in [0.2, 0.25) is 0 Å². The summed E-state index contributed by atoms with van der Waals surface area (Å²) >= 11 is 0. The molecule has 0 fully saturated rings. The predicted octanol–water partition coefficient (Wildman–Crippen LogP) is 3.04. The molecular formula is C16H18N4. The Morgan fingerprint density at radius 3 is 2.95 bits per heavy atom. The van der Waals surface area contributed by atoms with E-state index in [1.807, 2.05) is 24.4 Å². The third kappa shape index (κ3) is 2.42. The highest BCUT2D eigenvalue weighted by Crippen LogP contribution is 2.22. The predicted molar refractivity (Wildman–Crippen MR) is 81.4 cm³/mol. The number of pyridine rings is 1. The van der Waals surface area contributed by atoms with E-state index < -0.39 is 0 Å². The van der Waals surface area contributed by atoms with Gasteiger partial charge in [-0.05, 0) is 31.2 Å². The second-order valence-corrected chi connectivity index (χ2v) is 4.88. The van der Waals surface area contributed by atoms with Crippen LogP contribution in [-0.2, 0) is 6.54 Å². The molecule has 0 aliphatic carbocycles. The number of rotatable bonds is 4. The van der Waals surface area contributed by atoms with Crippen molar-refractivity contribution < 1.29 is 0 Å². The normalized spacial score (nSPS) is 11.1. The zero-order chi connectivity index (χ0) is 13.9. The molecule has 2 aromatic heterocycles. The fraction of sp³-hybridized carbons (Fsp3) is 0.250. The van der Waals surface area contributed by atoms with Crippen molar-refractivity contribution in [2.24, 2.45) is 0 Å². The third-order valence-electron chi connectivity index (χ3n) is 3.36. The van der Waals surface area contributed by atoms with Crippen molar-refractivity contribution in [2.45, 2.75) is 20.4 Å². The number of nitrogens with zero attached hydrogens (tertiary/aromatic N) is 2. The largest absolute Gasteiger partial charge is 0.339 e. The summed E-state index contributed by atoms with van der Waals surface area (Å²) in [6, 6.07) is 10.3. The van der Waals surface area contributed by atoms with Crippen LogP contribution >= 0.6 is 0 Å². The minimum Gasteiger partial charge on any atom is -0.339 e. The number of hydrogen-bond acceptors (Lipinski definition) is 3. The van der Waals surface area contributed by atoms with Crippen LogP contribution in [0.2, 0.25) is 0 Å². The lowest BCUT2D eigenvalue weighted by atomic mass is 10.1. The molecule has 3 rings (SSSR count). The summed E-state index contributed by atoms with van der Waals surface area (Å²) in [5.74, 6) is 0.826. The first-order valence-corrected chi connectivity index (χ1v) is 6.89. The summed E-state index contributed by atoms with van der Waals surface area (Å²) in [6.45, 7) is 5.94. The van der Waals surface area contributed by atoms with E-state index in [4.69, 9.17) is 0 Å². The van der Waals surface area contributed by atoms with Gasteiger partial charge in [-0.25, -0.2) is 9.97 Å². The fourth-order valence-electron chi connectivity index (χ4n) is 2.31. The summed E-state index contributed by atoms with van der Waals surface area (Å²) < 4.78 is 0. The van der Waals surface area contributed by atoms with Gasteiger partial charge >= 0.3 is 0 Å². The zero-order valence-corrected chi connectivity index (χ0v) is 11.8. The molecule has 4 heteroatoms. The molecule has 20 heavy (non-hydrogen) atoms. The van der Waals surface area contributed by atoms with Crippen LogP contribution in [-0.4, -0.2) is 21.5 Å². The third-order valence-corrected chi connectivity index (χ3v) is 3.36. The molecular weight excluding hydrogens is 248 g/mol. The number of aromatic nitrogens is 3. The summed E-state index contributed by atoms with van der Waals surface area (Å²) in [5, 5.41) is 4.47. The van der Waals surface area contributed by atoms with Crippen LogP contribution < -0.4 is 5.32 Å². The van der Waals surface area contributed by atoms with Crippen LogP contribution in [0.4, 0.5) is 0 Å². The average molecular weight is 266 g/mol. The lowest BCUT2D eigenvalue weighted by Crippen LogP contribution is -2.11. The van der Waals surface area contributed by atoms with Gasteiger partial charge in [0.05, 0.1) is 11.7 Å². The molecule has 2 heterocycles. The average Bonchev–Trinajstić information content (AvgIpc) is 2.94. The molecule has 0 atom stereocenters. The molecule has 0 amide bonds. The molecule has 0 bridgehead atoms. The number of benzene rings is 1. The van der Waals surface area contributed by atoms with E-state index in [1.54, 1.807) is 0 Å². The van der Waals surface area contributed by atoms with Gasteiger partial charge in [0.1, 0.15) is 5.69 Å². The molecule has 4 nitrogen and oxygen atoms in total. The zero-order valence-electron chi connectivity index (χ0n) is 11.8. The first-order chi connectivity index (χ1) is 9.78. The Bertz CT molecular complexity index is 730. The Balaban J connectivity index is 1.99. The molecule has 0 saturated carbocycles. The second kappa shape index (κ2) is 5.43. The summed E-state index contributed by atoms with van der Waals surface area (Å²) in [6.07, 6.45) is 1.87. The highest BCUT2D eigenvalue weighted by atomic mass is 15.0. The van der Waals surface area contributed by atoms with Gasteiger partial charge < -0.3 is 10.3 Å². The molecule has 3 aromatic rings. The van der Waals surface area contributed by atoms with E-state index in [0.29, 0.717) is 0 Å². The van der Waals surface area contributed by atoms with Gasteiger partial charge in [-0.15, -0.1) is 0 Å². The Hall–Kier alpha value is -2.20.